The van der Waals surface area contributed by atoms with Crippen LogP contribution in [0.3, 0.4) is 0 Å². The quantitative estimate of drug-likeness (QED) is 0.590. The number of nitrogens with one attached hydrogen (secondary N) is 2. The van der Waals surface area contributed by atoms with E-state index in [4.69, 9.17) is 0 Å². The van der Waals surface area contributed by atoms with E-state index in [1.54, 1.807) is 18.2 Å². The largest absolute Gasteiger partial charge is 0.378 e. The highest BCUT2D eigenvalue weighted by atomic mass is 32.1. The molecule has 0 saturated heterocycles. The van der Waals surface area contributed by atoms with E-state index in [-0.39, 0.29) is 6.54 Å². The molecule has 0 aliphatic heterocycles. The van der Waals surface area contributed by atoms with Crippen molar-refractivity contribution in [2.75, 3.05) is 11.9 Å². The molecule has 1 aromatic carbocycles. The zero-order valence-electron chi connectivity index (χ0n) is 14.1. The zero-order chi connectivity index (χ0) is 18.6. The van der Waals surface area contributed by atoms with Crippen LogP contribution in [0.4, 0.5) is 5.69 Å². The Morgan fingerprint density at radius 2 is 1.85 bits per heavy atom. The first-order valence-electron chi connectivity index (χ1n) is 7.94. The lowest BCUT2D eigenvalue weighted by Gasteiger charge is -2.26. The zero-order valence-corrected chi connectivity index (χ0v) is 15.7. The van der Waals surface area contributed by atoms with E-state index >= 15 is 0 Å². The Balaban J connectivity index is 1.68. The number of carbonyl (C=O) groups excluding carboxylic acids is 2. The maximum absolute atomic E-state index is 12.2. The summed E-state index contributed by atoms with van der Waals surface area (Å²) in [7, 11) is 0. The molecule has 0 radical (unpaired) electrons. The first-order chi connectivity index (χ1) is 12.5. The Kier molecular flexibility index (Phi) is 5.51. The molecule has 0 aliphatic rings. The Morgan fingerprint density at radius 3 is 2.46 bits per heavy atom. The summed E-state index contributed by atoms with van der Waals surface area (Å²) in [6.45, 7) is 1.85. The minimum atomic E-state index is -1.37. The molecule has 2 amide bonds. The predicted octanol–water partition coefficient (Wildman–Crippen LogP) is 3.11. The SMILES string of the molecule is Cc1ccc(NC(=O)C(=O)NCC(O)(c2ccsc2)c2cccs2)cc1. The fourth-order valence-corrected chi connectivity index (χ4v) is 4.03. The van der Waals surface area contributed by atoms with E-state index in [9.17, 15) is 14.7 Å². The summed E-state index contributed by atoms with van der Waals surface area (Å²) in [4.78, 5) is 25.0. The van der Waals surface area contributed by atoms with Gasteiger partial charge in [0.15, 0.2) is 0 Å². The molecule has 3 rings (SSSR count). The first kappa shape index (κ1) is 18.3. The van der Waals surface area contributed by atoms with Crippen molar-refractivity contribution < 1.29 is 14.7 Å². The summed E-state index contributed by atoms with van der Waals surface area (Å²) < 4.78 is 0. The van der Waals surface area contributed by atoms with Crippen molar-refractivity contribution in [3.05, 3.63) is 74.6 Å². The van der Waals surface area contributed by atoms with Crippen LogP contribution < -0.4 is 10.6 Å². The Morgan fingerprint density at radius 1 is 1.08 bits per heavy atom. The third kappa shape index (κ3) is 4.01. The summed E-state index contributed by atoms with van der Waals surface area (Å²) in [6.07, 6.45) is 0. The molecule has 7 heteroatoms. The van der Waals surface area contributed by atoms with Crippen LogP contribution in [0.2, 0.25) is 0 Å². The number of thiophene rings is 2. The lowest BCUT2D eigenvalue weighted by atomic mass is 9.94. The predicted molar refractivity (Wildman–Crippen MR) is 104 cm³/mol. The second-order valence-electron chi connectivity index (χ2n) is 5.85. The van der Waals surface area contributed by atoms with Crippen molar-refractivity contribution in [3.63, 3.8) is 0 Å². The van der Waals surface area contributed by atoms with Gasteiger partial charge in [-0.05, 0) is 47.3 Å². The third-order valence-electron chi connectivity index (χ3n) is 3.95. The van der Waals surface area contributed by atoms with Crippen LogP contribution in [-0.2, 0) is 15.2 Å². The van der Waals surface area contributed by atoms with E-state index in [1.807, 2.05) is 47.3 Å². The number of hydrogen-bond acceptors (Lipinski definition) is 5. The Hall–Kier alpha value is -2.48. The second-order valence-corrected chi connectivity index (χ2v) is 7.58. The summed E-state index contributed by atoms with van der Waals surface area (Å²) >= 11 is 2.85. The lowest BCUT2D eigenvalue weighted by Crippen LogP contribution is -2.44. The third-order valence-corrected chi connectivity index (χ3v) is 5.65. The number of anilines is 1. The van der Waals surface area contributed by atoms with Crippen molar-refractivity contribution in [1.29, 1.82) is 0 Å². The average Bonchev–Trinajstić information content (AvgIpc) is 3.35. The van der Waals surface area contributed by atoms with Crippen LogP contribution in [0.5, 0.6) is 0 Å². The molecular formula is C19H18N2O3S2. The Bertz CT molecular complexity index is 838. The van der Waals surface area contributed by atoms with Gasteiger partial charge in [-0.3, -0.25) is 9.59 Å². The summed E-state index contributed by atoms with van der Waals surface area (Å²) in [6, 6.07) is 12.6. The standard InChI is InChI=1S/C19H18N2O3S2/c1-13-4-6-15(7-5-13)21-18(23)17(22)20-12-19(24,14-8-10-25-11-14)16-3-2-9-26-16/h2-11,24H,12H2,1H3,(H,20,22)(H,21,23). The van der Waals surface area contributed by atoms with Gasteiger partial charge in [-0.15, -0.1) is 11.3 Å². The summed E-state index contributed by atoms with van der Waals surface area (Å²) in [5.74, 6) is -1.57. The van der Waals surface area contributed by atoms with E-state index < -0.39 is 17.4 Å². The monoisotopic (exact) mass is 386 g/mol. The number of rotatable bonds is 5. The molecule has 5 nitrogen and oxygen atoms in total. The van der Waals surface area contributed by atoms with Crippen LogP contribution in [0, 0.1) is 6.92 Å². The molecule has 26 heavy (non-hydrogen) atoms. The number of hydrogen-bond donors (Lipinski definition) is 3. The molecule has 0 fully saturated rings. The number of carbonyl (C=O) groups is 2. The summed E-state index contributed by atoms with van der Waals surface area (Å²) in [5, 5.41) is 21.8. The highest BCUT2D eigenvalue weighted by Crippen LogP contribution is 2.33. The number of benzene rings is 1. The van der Waals surface area contributed by atoms with Crippen molar-refractivity contribution >= 4 is 40.2 Å². The van der Waals surface area contributed by atoms with Crippen LogP contribution in [0.25, 0.3) is 0 Å². The molecule has 0 bridgehead atoms. The normalized spacial score (nSPS) is 13.0. The topological polar surface area (TPSA) is 78.4 Å². The van der Waals surface area contributed by atoms with Gasteiger partial charge in [0.05, 0.1) is 6.54 Å². The molecule has 134 valence electrons. The minimum absolute atomic E-state index is 0.0929. The van der Waals surface area contributed by atoms with Crippen LogP contribution in [-0.4, -0.2) is 23.5 Å². The molecule has 3 aromatic rings. The number of aliphatic hydroxyl groups is 1. The highest BCUT2D eigenvalue weighted by molar-refractivity contribution is 7.10. The maximum Gasteiger partial charge on any atom is 0.313 e. The van der Waals surface area contributed by atoms with Crippen LogP contribution in [0.15, 0.2) is 58.6 Å². The average molecular weight is 386 g/mol. The minimum Gasteiger partial charge on any atom is -0.378 e. The van der Waals surface area contributed by atoms with Gasteiger partial charge in [-0.2, -0.15) is 11.3 Å². The number of amides is 2. The van der Waals surface area contributed by atoms with E-state index in [1.165, 1.54) is 22.7 Å². The van der Waals surface area contributed by atoms with Gasteiger partial charge in [0.25, 0.3) is 0 Å². The van der Waals surface area contributed by atoms with Crippen LogP contribution in [0.1, 0.15) is 16.0 Å². The molecule has 2 heterocycles. The van der Waals surface area contributed by atoms with Gasteiger partial charge >= 0.3 is 11.8 Å². The van der Waals surface area contributed by atoms with Crippen molar-refractivity contribution in [2.24, 2.45) is 0 Å². The molecule has 0 saturated carbocycles. The first-order valence-corrected chi connectivity index (χ1v) is 9.76. The van der Waals surface area contributed by atoms with E-state index in [2.05, 4.69) is 10.6 Å². The molecule has 3 N–H and O–H groups in total. The van der Waals surface area contributed by atoms with Gasteiger partial charge in [0.1, 0.15) is 5.60 Å². The van der Waals surface area contributed by atoms with Gasteiger partial charge in [0.2, 0.25) is 0 Å². The second kappa shape index (κ2) is 7.82. The summed E-state index contributed by atoms with van der Waals surface area (Å²) in [5.41, 5.74) is 0.920. The molecular weight excluding hydrogens is 368 g/mol. The van der Waals surface area contributed by atoms with E-state index in [0.717, 1.165) is 5.56 Å². The Labute approximate surface area is 159 Å². The maximum atomic E-state index is 12.2. The van der Waals surface area contributed by atoms with Crippen molar-refractivity contribution in [3.8, 4) is 0 Å². The molecule has 2 aromatic heterocycles. The number of aryl methyl sites for hydroxylation is 1. The lowest BCUT2D eigenvalue weighted by molar-refractivity contribution is -0.136. The van der Waals surface area contributed by atoms with Gasteiger partial charge in [-0.25, -0.2) is 0 Å². The van der Waals surface area contributed by atoms with E-state index in [0.29, 0.717) is 16.1 Å². The smallest absolute Gasteiger partial charge is 0.313 e. The highest BCUT2D eigenvalue weighted by Gasteiger charge is 2.34. The molecule has 0 spiro atoms. The fraction of sp³-hybridized carbons (Fsp3) is 0.158. The fourth-order valence-electron chi connectivity index (χ4n) is 2.46. The van der Waals surface area contributed by atoms with Crippen LogP contribution >= 0.6 is 22.7 Å². The molecule has 1 atom stereocenters. The van der Waals surface area contributed by atoms with Gasteiger partial charge in [-0.1, -0.05) is 23.8 Å². The van der Waals surface area contributed by atoms with Gasteiger partial charge < -0.3 is 15.7 Å². The van der Waals surface area contributed by atoms with Gasteiger partial charge in [0, 0.05) is 16.1 Å². The van der Waals surface area contributed by atoms with Crippen molar-refractivity contribution in [1.82, 2.24) is 5.32 Å². The molecule has 0 aliphatic carbocycles. The van der Waals surface area contributed by atoms with Crippen molar-refractivity contribution in [2.45, 2.75) is 12.5 Å². The molecule has 1 unspecified atom stereocenters.